The third-order valence-electron chi connectivity index (χ3n) is 3.15. The molecule has 102 valence electrons. The molecule has 3 rings (SSSR count). The summed E-state index contributed by atoms with van der Waals surface area (Å²) in [5.41, 5.74) is 7.71. The first-order valence-electron chi connectivity index (χ1n) is 6.01. The monoisotopic (exact) mass is 295 g/mol. The predicted octanol–water partition coefficient (Wildman–Crippen LogP) is 3.44. The molecule has 5 nitrogen and oxygen atoms in total. The standard InChI is InChI=1S/C15H9N3O2S/c1-2-12-14(16)13-10(7-8-17-15(13)21-12)9-5-3-4-6-11(9)18(19)20/h1,3-8H,16H2. The Kier molecular flexibility index (Phi) is 3.05. The van der Waals surface area contributed by atoms with Gasteiger partial charge in [0.05, 0.1) is 16.2 Å². The van der Waals surface area contributed by atoms with Crippen molar-refractivity contribution in [1.82, 2.24) is 4.98 Å². The third-order valence-corrected chi connectivity index (χ3v) is 4.20. The van der Waals surface area contributed by atoms with Crippen LogP contribution in [0.4, 0.5) is 11.4 Å². The Hall–Kier alpha value is -2.91. The summed E-state index contributed by atoms with van der Waals surface area (Å²) in [5, 5.41) is 11.9. The number of nitrogens with two attached hydrogens (primary N) is 1. The van der Waals surface area contributed by atoms with Crippen LogP contribution in [0.5, 0.6) is 0 Å². The summed E-state index contributed by atoms with van der Waals surface area (Å²) in [6.07, 6.45) is 7.03. The zero-order valence-electron chi connectivity index (χ0n) is 10.7. The van der Waals surface area contributed by atoms with Gasteiger partial charge < -0.3 is 5.73 Å². The van der Waals surface area contributed by atoms with Gasteiger partial charge in [-0.25, -0.2) is 4.98 Å². The Bertz CT molecular complexity index is 909. The molecule has 2 heterocycles. The highest BCUT2D eigenvalue weighted by molar-refractivity contribution is 7.20. The highest BCUT2D eigenvalue weighted by Crippen LogP contribution is 2.41. The van der Waals surface area contributed by atoms with E-state index >= 15 is 0 Å². The normalized spacial score (nSPS) is 10.4. The molecule has 0 spiro atoms. The molecule has 6 heteroatoms. The zero-order valence-corrected chi connectivity index (χ0v) is 11.6. The fourth-order valence-electron chi connectivity index (χ4n) is 2.24. The second-order valence-electron chi connectivity index (χ2n) is 4.30. The molecule has 2 N–H and O–H groups in total. The first kappa shape index (κ1) is 13.1. The molecule has 0 radical (unpaired) electrons. The van der Waals surface area contributed by atoms with Crippen LogP contribution in [0.2, 0.25) is 0 Å². The Morgan fingerprint density at radius 2 is 2.05 bits per heavy atom. The van der Waals surface area contributed by atoms with Crippen LogP contribution < -0.4 is 5.73 Å². The molecule has 0 bridgehead atoms. The maximum absolute atomic E-state index is 11.2. The average molecular weight is 295 g/mol. The van der Waals surface area contributed by atoms with E-state index in [2.05, 4.69) is 10.9 Å². The average Bonchev–Trinajstić information content (AvgIpc) is 2.84. The second kappa shape index (κ2) is 4.89. The lowest BCUT2D eigenvalue weighted by molar-refractivity contribution is -0.384. The smallest absolute Gasteiger partial charge is 0.277 e. The van der Waals surface area contributed by atoms with Gasteiger partial charge in [0.15, 0.2) is 0 Å². The zero-order chi connectivity index (χ0) is 15.0. The number of hydrogen-bond donors (Lipinski definition) is 1. The molecular formula is C15H9N3O2S. The van der Waals surface area contributed by atoms with Crippen LogP contribution in [0.3, 0.4) is 0 Å². The summed E-state index contributed by atoms with van der Waals surface area (Å²) in [7, 11) is 0. The van der Waals surface area contributed by atoms with Gasteiger partial charge in [0, 0.05) is 23.2 Å². The molecule has 0 aliphatic rings. The van der Waals surface area contributed by atoms with E-state index in [9.17, 15) is 10.1 Å². The molecule has 0 unspecified atom stereocenters. The fourth-order valence-corrected chi connectivity index (χ4v) is 3.14. The lowest BCUT2D eigenvalue weighted by Gasteiger charge is -2.05. The van der Waals surface area contributed by atoms with Gasteiger partial charge in [0.2, 0.25) is 0 Å². The number of pyridine rings is 1. The molecule has 0 aliphatic heterocycles. The van der Waals surface area contributed by atoms with Crippen LogP contribution in [-0.4, -0.2) is 9.91 Å². The minimum atomic E-state index is -0.410. The summed E-state index contributed by atoms with van der Waals surface area (Å²) >= 11 is 1.30. The van der Waals surface area contributed by atoms with Gasteiger partial charge in [-0.1, -0.05) is 18.1 Å². The van der Waals surface area contributed by atoms with Crippen molar-refractivity contribution in [2.75, 3.05) is 5.73 Å². The van der Waals surface area contributed by atoms with Crippen LogP contribution in [0.15, 0.2) is 36.5 Å². The molecule has 0 amide bonds. The van der Waals surface area contributed by atoms with Gasteiger partial charge >= 0.3 is 0 Å². The van der Waals surface area contributed by atoms with E-state index in [1.54, 1.807) is 30.5 Å². The second-order valence-corrected chi connectivity index (χ2v) is 5.30. The predicted molar refractivity (Wildman–Crippen MR) is 84.1 cm³/mol. The summed E-state index contributed by atoms with van der Waals surface area (Å²) in [6.45, 7) is 0. The summed E-state index contributed by atoms with van der Waals surface area (Å²) < 4.78 is 0. The minimum Gasteiger partial charge on any atom is -0.396 e. The Morgan fingerprint density at radius 3 is 2.76 bits per heavy atom. The number of rotatable bonds is 2. The third kappa shape index (κ3) is 2.00. The number of hydrogen-bond acceptors (Lipinski definition) is 5. The number of aromatic nitrogens is 1. The van der Waals surface area contributed by atoms with Crippen molar-refractivity contribution in [1.29, 1.82) is 0 Å². The van der Waals surface area contributed by atoms with Crippen molar-refractivity contribution in [3.63, 3.8) is 0 Å². The number of nitro benzene ring substituents is 1. The highest BCUT2D eigenvalue weighted by Gasteiger charge is 2.19. The molecule has 21 heavy (non-hydrogen) atoms. The van der Waals surface area contributed by atoms with Gasteiger partial charge in [-0.05, 0) is 12.1 Å². The number of para-hydroxylation sites is 1. The van der Waals surface area contributed by atoms with Crippen LogP contribution >= 0.6 is 11.3 Å². The molecule has 0 aliphatic carbocycles. The summed E-state index contributed by atoms with van der Waals surface area (Å²) in [4.78, 5) is 16.3. The topological polar surface area (TPSA) is 82.0 Å². The van der Waals surface area contributed by atoms with Gasteiger partial charge in [-0.3, -0.25) is 10.1 Å². The number of thiophene rings is 1. The number of benzene rings is 1. The maximum atomic E-state index is 11.2. The van der Waals surface area contributed by atoms with E-state index in [0.717, 1.165) is 0 Å². The molecular weight excluding hydrogens is 286 g/mol. The Morgan fingerprint density at radius 1 is 1.29 bits per heavy atom. The van der Waals surface area contributed by atoms with E-state index in [0.29, 0.717) is 31.9 Å². The molecule has 0 fully saturated rings. The number of anilines is 1. The quantitative estimate of drug-likeness (QED) is 0.446. The summed E-state index contributed by atoms with van der Waals surface area (Å²) in [6, 6.07) is 8.25. The van der Waals surface area contributed by atoms with Crippen LogP contribution in [0, 0.1) is 22.5 Å². The number of fused-ring (bicyclic) bond motifs is 1. The number of terminal acetylenes is 1. The fraction of sp³-hybridized carbons (Fsp3) is 0. The van der Waals surface area contributed by atoms with E-state index in [1.807, 2.05) is 0 Å². The number of nitrogen functional groups attached to an aromatic ring is 1. The van der Waals surface area contributed by atoms with Gasteiger partial charge in [0.25, 0.3) is 5.69 Å². The van der Waals surface area contributed by atoms with Gasteiger partial charge in [-0.15, -0.1) is 17.8 Å². The first-order chi connectivity index (χ1) is 10.1. The van der Waals surface area contributed by atoms with Crippen molar-refractivity contribution in [3.8, 4) is 23.5 Å². The first-order valence-corrected chi connectivity index (χ1v) is 6.82. The Balaban J connectivity index is 2.39. The lowest BCUT2D eigenvalue weighted by atomic mass is 10.0. The molecule has 0 saturated heterocycles. The van der Waals surface area contributed by atoms with E-state index in [4.69, 9.17) is 12.2 Å². The molecule has 0 saturated carbocycles. The van der Waals surface area contributed by atoms with Crippen molar-refractivity contribution >= 4 is 32.9 Å². The van der Waals surface area contributed by atoms with E-state index in [-0.39, 0.29) is 5.69 Å². The molecule has 3 aromatic rings. The van der Waals surface area contributed by atoms with Crippen molar-refractivity contribution in [3.05, 3.63) is 51.5 Å². The van der Waals surface area contributed by atoms with Crippen LogP contribution in [-0.2, 0) is 0 Å². The molecule has 2 aromatic heterocycles. The lowest BCUT2D eigenvalue weighted by Crippen LogP contribution is -1.93. The number of nitro groups is 1. The SMILES string of the molecule is C#Cc1sc2nccc(-c3ccccc3[N+](=O)[O-])c2c1N. The van der Waals surface area contributed by atoms with Crippen molar-refractivity contribution in [2.45, 2.75) is 0 Å². The van der Waals surface area contributed by atoms with E-state index < -0.39 is 4.92 Å². The highest BCUT2D eigenvalue weighted by atomic mass is 32.1. The maximum Gasteiger partial charge on any atom is 0.277 e. The Labute approximate surface area is 124 Å². The van der Waals surface area contributed by atoms with Gasteiger partial charge in [0.1, 0.15) is 9.71 Å². The van der Waals surface area contributed by atoms with Crippen LogP contribution in [0.1, 0.15) is 4.88 Å². The van der Waals surface area contributed by atoms with Crippen molar-refractivity contribution in [2.24, 2.45) is 0 Å². The number of nitrogens with zero attached hydrogens (tertiary/aromatic N) is 2. The minimum absolute atomic E-state index is 0.0258. The largest absolute Gasteiger partial charge is 0.396 e. The molecule has 1 aromatic carbocycles. The van der Waals surface area contributed by atoms with Gasteiger partial charge in [-0.2, -0.15) is 0 Å². The van der Waals surface area contributed by atoms with Crippen molar-refractivity contribution < 1.29 is 4.92 Å². The van der Waals surface area contributed by atoms with Crippen LogP contribution in [0.25, 0.3) is 21.3 Å². The van der Waals surface area contributed by atoms with E-state index in [1.165, 1.54) is 17.4 Å². The molecule has 0 atom stereocenters. The summed E-state index contributed by atoms with van der Waals surface area (Å²) in [5.74, 6) is 2.52.